The van der Waals surface area contributed by atoms with E-state index in [0.717, 1.165) is 6.07 Å². The largest absolute Gasteiger partial charge is 0.392 e. The van der Waals surface area contributed by atoms with Crippen LogP contribution in [-0.4, -0.2) is 23.3 Å². The second-order valence-corrected chi connectivity index (χ2v) is 3.70. The number of hydrogen-bond acceptors (Lipinski definition) is 5. The lowest BCUT2D eigenvalue weighted by Crippen LogP contribution is -2.33. The van der Waals surface area contributed by atoms with Crippen molar-refractivity contribution in [1.29, 1.82) is 0 Å². The Morgan fingerprint density at radius 2 is 2.06 bits per heavy atom. The number of nitrogens with zero attached hydrogens (tertiary/aromatic N) is 1. The SMILES string of the molecule is NC(=O)CNC(=O)c1cc(Cl)c(N)c([N+](=O)[O-])c1. The maximum absolute atomic E-state index is 11.5. The van der Waals surface area contributed by atoms with Crippen molar-refractivity contribution < 1.29 is 14.5 Å². The number of nitrogen functional groups attached to an aromatic ring is 1. The first kappa shape index (κ1) is 13.7. The van der Waals surface area contributed by atoms with Crippen LogP contribution in [0.4, 0.5) is 11.4 Å². The molecule has 9 heteroatoms. The van der Waals surface area contributed by atoms with Crippen LogP contribution in [-0.2, 0) is 4.79 Å². The van der Waals surface area contributed by atoms with Crippen molar-refractivity contribution in [2.24, 2.45) is 5.73 Å². The van der Waals surface area contributed by atoms with E-state index in [1.165, 1.54) is 6.07 Å². The first-order valence-electron chi connectivity index (χ1n) is 4.63. The van der Waals surface area contributed by atoms with Gasteiger partial charge in [0.25, 0.3) is 11.6 Å². The summed E-state index contributed by atoms with van der Waals surface area (Å²) in [5, 5.41) is 12.7. The Balaban J connectivity index is 3.07. The number of nitrogens with two attached hydrogens (primary N) is 2. The Labute approximate surface area is 106 Å². The predicted molar refractivity (Wildman–Crippen MR) is 64.0 cm³/mol. The summed E-state index contributed by atoms with van der Waals surface area (Å²) in [6.45, 7) is -0.380. The summed E-state index contributed by atoms with van der Waals surface area (Å²) in [5.41, 5.74) is 9.45. The number of halogens is 1. The lowest BCUT2D eigenvalue weighted by atomic mass is 10.1. The Bertz CT molecular complexity index is 532. The highest BCUT2D eigenvalue weighted by Gasteiger charge is 2.19. The van der Waals surface area contributed by atoms with Gasteiger partial charge >= 0.3 is 0 Å². The fourth-order valence-electron chi connectivity index (χ4n) is 1.15. The molecule has 5 N–H and O–H groups in total. The predicted octanol–water partition coefficient (Wildman–Crippen LogP) is 0.0455. The molecule has 0 heterocycles. The van der Waals surface area contributed by atoms with E-state index < -0.39 is 22.4 Å². The number of carbonyl (C=O) groups excluding carboxylic acids is 2. The van der Waals surface area contributed by atoms with Crippen LogP contribution in [0.1, 0.15) is 10.4 Å². The molecule has 2 amide bonds. The molecule has 0 saturated heterocycles. The second-order valence-electron chi connectivity index (χ2n) is 3.30. The van der Waals surface area contributed by atoms with Crippen LogP contribution < -0.4 is 16.8 Å². The zero-order chi connectivity index (χ0) is 13.9. The summed E-state index contributed by atoms with van der Waals surface area (Å²) in [6.07, 6.45) is 0. The van der Waals surface area contributed by atoms with E-state index in [1.807, 2.05) is 0 Å². The summed E-state index contributed by atoms with van der Waals surface area (Å²) in [5.74, 6) is -1.45. The molecule has 0 aliphatic rings. The number of benzene rings is 1. The standard InChI is InChI=1S/C9H9ClN4O4/c10-5-1-4(9(16)13-3-7(11)15)2-6(8(5)12)14(17)18/h1-2H,3,12H2,(H2,11,15)(H,13,16). The number of nitro groups is 1. The van der Waals surface area contributed by atoms with Gasteiger partial charge in [-0.25, -0.2) is 0 Å². The molecule has 0 spiro atoms. The molecule has 1 rings (SSSR count). The average Bonchev–Trinajstić information content (AvgIpc) is 2.28. The summed E-state index contributed by atoms with van der Waals surface area (Å²) in [7, 11) is 0. The van der Waals surface area contributed by atoms with Crippen LogP contribution in [0.3, 0.4) is 0 Å². The molecule has 0 aromatic heterocycles. The minimum absolute atomic E-state index is 0.0813. The van der Waals surface area contributed by atoms with Crippen LogP contribution in [0.15, 0.2) is 12.1 Å². The first-order valence-corrected chi connectivity index (χ1v) is 5.00. The normalized spacial score (nSPS) is 9.83. The van der Waals surface area contributed by atoms with Gasteiger partial charge in [-0.1, -0.05) is 11.6 Å². The van der Waals surface area contributed by atoms with Gasteiger partial charge in [-0.2, -0.15) is 0 Å². The fraction of sp³-hybridized carbons (Fsp3) is 0.111. The topological polar surface area (TPSA) is 141 Å². The number of carbonyl (C=O) groups is 2. The summed E-state index contributed by atoms with van der Waals surface area (Å²) in [4.78, 5) is 31.9. The Kier molecular flexibility index (Phi) is 4.05. The number of nitro benzene ring substituents is 1. The van der Waals surface area contributed by atoms with Crippen molar-refractivity contribution in [3.63, 3.8) is 0 Å². The average molecular weight is 273 g/mol. The van der Waals surface area contributed by atoms with Gasteiger partial charge in [0.05, 0.1) is 16.5 Å². The third kappa shape index (κ3) is 3.08. The summed E-state index contributed by atoms with van der Waals surface area (Å²) in [6, 6.07) is 2.14. The monoisotopic (exact) mass is 272 g/mol. The maximum Gasteiger partial charge on any atom is 0.294 e. The minimum atomic E-state index is -0.758. The fourth-order valence-corrected chi connectivity index (χ4v) is 1.37. The molecule has 0 unspecified atom stereocenters. The third-order valence-corrected chi connectivity index (χ3v) is 2.30. The van der Waals surface area contributed by atoms with Crippen LogP contribution in [0.2, 0.25) is 5.02 Å². The van der Waals surface area contributed by atoms with Crippen LogP contribution in [0, 0.1) is 10.1 Å². The van der Waals surface area contributed by atoms with Crippen molar-refractivity contribution in [2.45, 2.75) is 0 Å². The lowest BCUT2D eigenvalue weighted by molar-refractivity contribution is -0.383. The van der Waals surface area contributed by atoms with Crippen LogP contribution in [0.25, 0.3) is 0 Å². The molecule has 1 aromatic carbocycles. The van der Waals surface area contributed by atoms with Gasteiger partial charge in [0.15, 0.2) is 0 Å². The number of primary amides is 1. The lowest BCUT2D eigenvalue weighted by Gasteiger charge is -2.05. The molecule has 0 bridgehead atoms. The molecule has 0 aliphatic heterocycles. The highest BCUT2D eigenvalue weighted by Crippen LogP contribution is 2.30. The van der Waals surface area contributed by atoms with Gasteiger partial charge in [-0.15, -0.1) is 0 Å². The van der Waals surface area contributed by atoms with Crippen molar-refractivity contribution in [2.75, 3.05) is 12.3 Å². The highest BCUT2D eigenvalue weighted by atomic mass is 35.5. The van der Waals surface area contributed by atoms with Crippen molar-refractivity contribution in [1.82, 2.24) is 5.32 Å². The van der Waals surface area contributed by atoms with Gasteiger partial charge in [-0.3, -0.25) is 19.7 Å². The van der Waals surface area contributed by atoms with E-state index >= 15 is 0 Å². The van der Waals surface area contributed by atoms with Gasteiger partial charge < -0.3 is 16.8 Å². The van der Waals surface area contributed by atoms with E-state index in [-0.39, 0.29) is 22.8 Å². The zero-order valence-electron chi connectivity index (χ0n) is 8.97. The van der Waals surface area contributed by atoms with Gasteiger partial charge in [-0.05, 0) is 6.07 Å². The van der Waals surface area contributed by atoms with Crippen LogP contribution >= 0.6 is 11.6 Å². The van der Waals surface area contributed by atoms with E-state index in [4.69, 9.17) is 23.1 Å². The molecule has 0 atom stereocenters. The zero-order valence-corrected chi connectivity index (χ0v) is 9.73. The molecule has 0 aliphatic carbocycles. The van der Waals surface area contributed by atoms with Gasteiger partial charge in [0, 0.05) is 11.6 Å². The minimum Gasteiger partial charge on any atom is -0.392 e. The summed E-state index contributed by atoms with van der Waals surface area (Å²) < 4.78 is 0. The smallest absolute Gasteiger partial charge is 0.294 e. The van der Waals surface area contributed by atoms with Crippen molar-refractivity contribution in [3.8, 4) is 0 Å². The molecule has 0 fully saturated rings. The van der Waals surface area contributed by atoms with E-state index in [1.54, 1.807) is 0 Å². The maximum atomic E-state index is 11.5. The number of rotatable bonds is 4. The van der Waals surface area contributed by atoms with Gasteiger partial charge in [0.2, 0.25) is 5.91 Å². The van der Waals surface area contributed by atoms with Crippen molar-refractivity contribution in [3.05, 3.63) is 32.8 Å². The number of hydrogen-bond donors (Lipinski definition) is 3. The number of anilines is 1. The molecule has 96 valence electrons. The van der Waals surface area contributed by atoms with E-state index in [2.05, 4.69) is 5.32 Å². The molecule has 8 nitrogen and oxygen atoms in total. The second kappa shape index (κ2) is 5.32. The van der Waals surface area contributed by atoms with E-state index in [9.17, 15) is 19.7 Å². The molecule has 0 saturated carbocycles. The number of nitrogens with one attached hydrogen (secondary N) is 1. The molecule has 1 aromatic rings. The first-order chi connectivity index (χ1) is 8.32. The Morgan fingerprint density at radius 3 is 2.56 bits per heavy atom. The quantitative estimate of drug-likeness (QED) is 0.403. The molecular weight excluding hydrogens is 264 g/mol. The van der Waals surface area contributed by atoms with Gasteiger partial charge in [0.1, 0.15) is 5.69 Å². The van der Waals surface area contributed by atoms with E-state index in [0.29, 0.717) is 0 Å². The molecular formula is C9H9ClN4O4. The van der Waals surface area contributed by atoms with Crippen molar-refractivity contribution >= 4 is 34.8 Å². The molecule has 0 radical (unpaired) electrons. The summed E-state index contributed by atoms with van der Waals surface area (Å²) >= 11 is 5.67. The third-order valence-electron chi connectivity index (χ3n) is 1.99. The number of amides is 2. The Morgan fingerprint density at radius 1 is 1.44 bits per heavy atom. The van der Waals surface area contributed by atoms with Crippen LogP contribution in [0.5, 0.6) is 0 Å². The highest BCUT2D eigenvalue weighted by molar-refractivity contribution is 6.34. The Hall–Kier alpha value is -2.35. The molecule has 18 heavy (non-hydrogen) atoms.